The van der Waals surface area contributed by atoms with E-state index in [9.17, 15) is 14.4 Å². The molecule has 0 radical (unpaired) electrons. The third kappa shape index (κ3) is 4.57. The molecule has 1 aliphatic heterocycles. The highest BCUT2D eigenvalue weighted by atomic mass is 32.1. The molecule has 1 aromatic carbocycles. The van der Waals surface area contributed by atoms with Crippen LogP contribution in [0.25, 0.3) is 0 Å². The standard InChI is InChI=1S/C20H21N5O3S/c1-3-24-19(28)16(12-17(26)22-14-8-6-7-13(2)11-14)25(20(24)29)23-18(27)15-9-4-5-10-21-15/h4-11,16H,3,12H2,1-2H3,(H,22,26)(H,23,27). The monoisotopic (exact) mass is 411 g/mol. The maximum atomic E-state index is 12.8. The van der Waals surface area contributed by atoms with E-state index < -0.39 is 11.9 Å². The number of thiocarbonyl (C=S) groups is 1. The van der Waals surface area contributed by atoms with Crippen molar-refractivity contribution < 1.29 is 14.4 Å². The number of carbonyl (C=O) groups excluding carboxylic acids is 3. The maximum Gasteiger partial charge on any atom is 0.288 e. The molecule has 0 spiro atoms. The van der Waals surface area contributed by atoms with Gasteiger partial charge in [-0.1, -0.05) is 18.2 Å². The number of amides is 3. The van der Waals surface area contributed by atoms with Crippen molar-refractivity contribution in [3.8, 4) is 0 Å². The summed E-state index contributed by atoms with van der Waals surface area (Å²) >= 11 is 5.35. The number of hydrogen-bond acceptors (Lipinski definition) is 5. The number of carbonyl (C=O) groups is 3. The smallest absolute Gasteiger partial charge is 0.288 e. The van der Waals surface area contributed by atoms with Crippen molar-refractivity contribution in [3.63, 3.8) is 0 Å². The van der Waals surface area contributed by atoms with Crippen LogP contribution in [0.2, 0.25) is 0 Å². The molecule has 0 saturated carbocycles. The fourth-order valence-corrected chi connectivity index (χ4v) is 3.41. The number of pyridine rings is 1. The fraction of sp³-hybridized carbons (Fsp3) is 0.250. The molecule has 9 heteroatoms. The molecular formula is C20H21N5O3S. The molecule has 1 saturated heterocycles. The van der Waals surface area contributed by atoms with Crippen LogP contribution in [0.1, 0.15) is 29.4 Å². The summed E-state index contributed by atoms with van der Waals surface area (Å²) in [5, 5.41) is 4.20. The van der Waals surface area contributed by atoms with E-state index in [4.69, 9.17) is 12.2 Å². The quantitative estimate of drug-likeness (QED) is 0.705. The van der Waals surface area contributed by atoms with Crippen LogP contribution in [0.15, 0.2) is 48.7 Å². The molecular weight excluding hydrogens is 390 g/mol. The third-order valence-electron chi connectivity index (χ3n) is 4.42. The van der Waals surface area contributed by atoms with Crippen LogP contribution in [0, 0.1) is 6.92 Å². The molecule has 1 aromatic heterocycles. The lowest BCUT2D eigenvalue weighted by atomic mass is 10.1. The van der Waals surface area contributed by atoms with Gasteiger partial charge in [-0.15, -0.1) is 0 Å². The van der Waals surface area contributed by atoms with E-state index >= 15 is 0 Å². The van der Waals surface area contributed by atoms with Crippen molar-refractivity contribution >= 4 is 40.7 Å². The maximum absolute atomic E-state index is 12.8. The number of aromatic nitrogens is 1. The van der Waals surface area contributed by atoms with Crippen LogP contribution in [-0.4, -0.2) is 50.3 Å². The topological polar surface area (TPSA) is 94.6 Å². The van der Waals surface area contributed by atoms with E-state index in [1.807, 2.05) is 25.1 Å². The fourth-order valence-electron chi connectivity index (χ4n) is 3.02. The van der Waals surface area contributed by atoms with Gasteiger partial charge in [-0.2, -0.15) is 0 Å². The van der Waals surface area contributed by atoms with Gasteiger partial charge in [0.05, 0.1) is 6.42 Å². The van der Waals surface area contributed by atoms with Crippen molar-refractivity contribution in [1.29, 1.82) is 0 Å². The normalized spacial score (nSPS) is 16.1. The van der Waals surface area contributed by atoms with Gasteiger partial charge >= 0.3 is 0 Å². The Balaban J connectivity index is 1.76. The zero-order valence-electron chi connectivity index (χ0n) is 16.1. The second-order valence-corrected chi connectivity index (χ2v) is 6.89. The summed E-state index contributed by atoms with van der Waals surface area (Å²) in [5.74, 6) is -1.20. The zero-order chi connectivity index (χ0) is 21.0. The molecule has 2 heterocycles. The summed E-state index contributed by atoms with van der Waals surface area (Å²) in [5.41, 5.74) is 4.44. The lowest BCUT2D eigenvalue weighted by Crippen LogP contribution is -2.49. The minimum absolute atomic E-state index is 0.148. The van der Waals surface area contributed by atoms with E-state index in [1.54, 1.807) is 31.2 Å². The van der Waals surface area contributed by atoms with Gasteiger partial charge in [0, 0.05) is 18.4 Å². The highest BCUT2D eigenvalue weighted by Crippen LogP contribution is 2.20. The molecule has 2 N–H and O–H groups in total. The molecule has 0 bridgehead atoms. The zero-order valence-corrected chi connectivity index (χ0v) is 16.9. The Kier molecular flexibility index (Phi) is 6.18. The van der Waals surface area contributed by atoms with Gasteiger partial charge in [0.15, 0.2) is 5.11 Å². The lowest BCUT2D eigenvalue weighted by molar-refractivity contribution is -0.130. The Bertz CT molecular complexity index is 950. The van der Waals surface area contributed by atoms with Crippen molar-refractivity contribution in [2.24, 2.45) is 0 Å². The van der Waals surface area contributed by atoms with Crippen LogP contribution in [0.3, 0.4) is 0 Å². The second-order valence-electron chi connectivity index (χ2n) is 6.53. The van der Waals surface area contributed by atoms with Crippen LogP contribution in [0.5, 0.6) is 0 Å². The largest absolute Gasteiger partial charge is 0.326 e. The Labute approximate surface area is 173 Å². The number of likely N-dealkylation sites (N-methyl/N-ethyl adjacent to an activating group) is 1. The molecule has 8 nitrogen and oxygen atoms in total. The summed E-state index contributed by atoms with van der Waals surface area (Å²) in [6.45, 7) is 4.03. The van der Waals surface area contributed by atoms with Crippen molar-refractivity contribution in [2.75, 3.05) is 11.9 Å². The highest BCUT2D eigenvalue weighted by molar-refractivity contribution is 7.80. The van der Waals surface area contributed by atoms with E-state index in [0.29, 0.717) is 12.2 Å². The van der Waals surface area contributed by atoms with Gasteiger partial charge in [0.25, 0.3) is 11.8 Å². The Morgan fingerprint density at radius 3 is 2.66 bits per heavy atom. The molecule has 1 unspecified atom stereocenters. The van der Waals surface area contributed by atoms with Crippen LogP contribution in [0.4, 0.5) is 5.69 Å². The van der Waals surface area contributed by atoms with Crippen LogP contribution >= 0.6 is 12.2 Å². The van der Waals surface area contributed by atoms with E-state index in [0.717, 1.165) is 5.56 Å². The first-order valence-electron chi connectivity index (χ1n) is 9.13. The average Bonchev–Trinajstić information content (AvgIpc) is 2.92. The predicted octanol–water partition coefficient (Wildman–Crippen LogP) is 1.88. The number of aryl methyl sites for hydroxylation is 1. The summed E-state index contributed by atoms with van der Waals surface area (Å²) in [6, 6.07) is 11.3. The van der Waals surface area contributed by atoms with Gasteiger partial charge in [0.1, 0.15) is 11.7 Å². The molecule has 3 amide bonds. The Morgan fingerprint density at radius 2 is 2.00 bits per heavy atom. The highest BCUT2D eigenvalue weighted by Gasteiger charge is 2.44. The van der Waals surface area contributed by atoms with Gasteiger partial charge in [-0.25, -0.2) is 5.01 Å². The van der Waals surface area contributed by atoms with Crippen LogP contribution in [-0.2, 0) is 9.59 Å². The number of anilines is 1. The van der Waals surface area contributed by atoms with E-state index in [1.165, 1.54) is 16.1 Å². The Morgan fingerprint density at radius 1 is 1.21 bits per heavy atom. The number of hydrogen-bond donors (Lipinski definition) is 2. The lowest BCUT2D eigenvalue weighted by Gasteiger charge is -2.24. The number of nitrogens with one attached hydrogen (secondary N) is 2. The van der Waals surface area contributed by atoms with E-state index in [-0.39, 0.29) is 29.0 Å². The minimum Gasteiger partial charge on any atom is -0.326 e. The Hall–Kier alpha value is -3.33. The molecule has 1 fully saturated rings. The van der Waals surface area contributed by atoms with Crippen molar-refractivity contribution in [2.45, 2.75) is 26.3 Å². The summed E-state index contributed by atoms with van der Waals surface area (Å²) in [7, 11) is 0. The second kappa shape index (κ2) is 8.78. The minimum atomic E-state index is -0.931. The first-order valence-corrected chi connectivity index (χ1v) is 9.54. The molecule has 0 aliphatic carbocycles. The summed E-state index contributed by atoms with van der Waals surface area (Å²) in [4.78, 5) is 43.2. The molecule has 150 valence electrons. The van der Waals surface area contributed by atoms with E-state index in [2.05, 4.69) is 15.7 Å². The average molecular weight is 411 g/mol. The van der Waals surface area contributed by atoms with Gasteiger partial charge < -0.3 is 5.32 Å². The number of hydrazine groups is 1. The first-order chi connectivity index (χ1) is 13.9. The van der Waals surface area contributed by atoms with Crippen molar-refractivity contribution in [3.05, 3.63) is 59.9 Å². The molecule has 29 heavy (non-hydrogen) atoms. The van der Waals surface area contributed by atoms with Gasteiger partial charge in [-0.3, -0.25) is 29.7 Å². The number of rotatable bonds is 6. The molecule has 3 rings (SSSR count). The van der Waals surface area contributed by atoms with Gasteiger partial charge in [-0.05, 0) is 55.9 Å². The third-order valence-corrected chi connectivity index (χ3v) is 4.83. The predicted molar refractivity (Wildman–Crippen MR) is 112 cm³/mol. The summed E-state index contributed by atoms with van der Waals surface area (Å²) in [6.07, 6.45) is 1.33. The van der Waals surface area contributed by atoms with Crippen LogP contribution < -0.4 is 10.7 Å². The SMILES string of the molecule is CCN1C(=O)C(CC(=O)Nc2cccc(C)c2)N(NC(=O)c2ccccn2)C1=S. The van der Waals surface area contributed by atoms with Gasteiger partial charge in [0.2, 0.25) is 5.91 Å². The summed E-state index contributed by atoms with van der Waals surface area (Å²) < 4.78 is 0. The number of benzene rings is 1. The molecule has 1 atom stereocenters. The first kappa shape index (κ1) is 20.4. The number of nitrogens with zero attached hydrogens (tertiary/aromatic N) is 3. The molecule has 2 aromatic rings. The molecule has 1 aliphatic rings. The van der Waals surface area contributed by atoms with Crippen molar-refractivity contribution in [1.82, 2.24) is 20.3 Å².